The molecule has 4 unspecified atom stereocenters. The molecule has 2 bridgehead atoms. The topological polar surface area (TPSA) is 103 Å². The fourth-order valence-electron chi connectivity index (χ4n) is 4.05. The van der Waals surface area contributed by atoms with Gasteiger partial charge in [0.1, 0.15) is 0 Å². The highest BCUT2D eigenvalue weighted by molar-refractivity contribution is 5.85. The normalized spacial score (nSPS) is 36.2. The number of nitrogens with zero attached hydrogens (tertiary/aromatic N) is 1. The van der Waals surface area contributed by atoms with E-state index in [2.05, 4.69) is 6.07 Å². The Kier molecular flexibility index (Phi) is 3.63. The van der Waals surface area contributed by atoms with Crippen LogP contribution in [0.25, 0.3) is 0 Å². The molecule has 2 saturated carbocycles. The summed E-state index contributed by atoms with van der Waals surface area (Å²) in [6, 6.07) is 2.07. The molecule has 0 spiro atoms. The molecule has 1 saturated heterocycles. The third-order valence-electron chi connectivity index (χ3n) is 5.75. The standard InChI is InChI=1S/C17H21NO6/c1-4-15(2,3)13(20)22-8-12(19)23-17-7-10-5-11(17)16(6-10,9-18)14(21)24-17/h10-11H,4-8H2,1-3H3. The molecule has 2 aliphatic carbocycles. The molecule has 3 rings (SSSR count). The Bertz CT molecular complexity index is 650. The Morgan fingerprint density at radius 2 is 2.12 bits per heavy atom. The second-order valence-corrected chi connectivity index (χ2v) is 7.63. The molecule has 1 aliphatic heterocycles. The Balaban J connectivity index is 1.65. The second-order valence-electron chi connectivity index (χ2n) is 7.63. The molecule has 0 amide bonds. The van der Waals surface area contributed by atoms with Gasteiger partial charge in [-0.2, -0.15) is 5.26 Å². The van der Waals surface area contributed by atoms with Crippen molar-refractivity contribution in [1.29, 1.82) is 5.26 Å². The number of carbonyl (C=O) groups is 3. The van der Waals surface area contributed by atoms with Crippen LogP contribution in [-0.4, -0.2) is 30.3 Å². The summed E-state index contributed by atoms with van der Waals surface area (Å²) in [7, 11) is 0. The molecule has 3 aliphatic rings. The van der Waals surface area contributed by atoms with Gasteiger partial charge in [-0.3, -0.25) is 9.59 Å². The van der Waals surface area contributed by atoms with Crippen LogP contribution in [-0.2, 0) is 28.6 Å². The summed E-state index contributed by atoms with van der Waals surface area (Å²) in [6.45, 7) is 4.79. The number of esters is 3. The average molecular weight is 335 g/mol. The summed E-state index contributed by atoms with van der Waals surface area (Å²) in [5.74, 6) is -3.51. The van der Waals surface area contributed by atoms with Crippen molar-refractivity contribution >= 4 is 17.9 Å². The summed E-state index contributed by atoms with van der Waals surface area (Å²) in [5, 5.41) is 9.42. The van der Waals surface area contributed by atoms with Crippen LogP contribution >= 0.6 is 0 Å². The summed E-state index contributed by atoms with van der Waals surface area (Å²) >= 11 is 0. The zero-order valence-corrected chi connectivity index (χ0v) is 14.1. The molecule has 130 valence electrons. The molecule has 0 N–H and O–H groups in total. The van der Waals surface area contributed by atoms with Gasteiger partial charge >= 0.3 is 17.9 Å². The molecular formula is C17H21NO6. The molecule has 4 atom stereocenters. The third-order valence-corrected chi connectivity index (χ3v) is 5.75. The van der Waals surface area contributed by atoms with E-state index in [1.807, 2.05) is 6.92 Å². The van der Waals surface area contributed by atoms with Crippen molar-refractivity contribution in [2.75, 3.05) is 6.61 Å². The number of nitriles is 1. The third kappa shape index (κ3) is 2.20. The van der Waals surface area contributed by atoms with Crippen LogP contribution in [0.4, 0.5) is 0 Å². The monoisotopic (exact) mass is 335 g/mol. The minimum absolute atomic E-state index is 0.135. The molecule has 24 heavy (non-hydrogen) atoms. The average Bonchev–Trinajstić information content (AvgIpc) is 3.10. The first-order chi connectivity index (χ1) is 11.2. The van der Waals surface area contributed by atoms with E-state index in [1.54, 1.807) is 13.8 Å². The molecule has 0 aromatic heterocycles. The van der Waals surface area contributed by atoms with Gasteiger partial charge in [0.2, 0.25) is 0 Å². The van der Waals surface area contributed by atoms with Crippen LogP contribution in [0.15, 0.2) is 0 Å². The van der Waals surface area contributed by atoms with Gasteiger partial charge in [-0.15, -0.1) is 0 Å². The first-order valence-corrected chi connectivity index (χ1v) is 8.23. The largest absolute Gasteiger partial charge is 0.453 e. The van der Waals surface area contributed by atoms with Crippen molar-refractivity contribution in [3.63, 3.8) is 0 Å². The molecule has 0 aromatic rings. The smallest absolute Gasteiger partial charge is 0.347 e. The lowest BCUT2D eigenvalue weighted by Gasteiger charge is -2.31. The van der Waals surface area contributed by atoms with Gasteiger partial charge in [0.25, 0.3) is 5.79 Å². The number of ether oxygens (including phenoxy) is 3. The van der Waals surface area contributed by atoms with E-state index in [0.717, 1.165) is 0 Å². The highest BCUT2D eigenvalue weighted by atomic mass is 16.7. The van der Waals surface area contributed by atoms with Gasteiger partial charge in [0.05, 0.1) is 17.4 Å². The first-order valence-electron chi connectivity index (χ1n) is 8.23. The van der Waals surface area contributed by atoms with E-state index >= 15 is 0 Å². The fourth-order valence-corrected chi connectivity index (χ4v) is 4.05. The highest BCUT2D eigenvalue weighted by Gasteiger charge is 2.76. The van der Waals surface area contributed by atoms with Crippen molar-refractivity contribution in [1.82, 2.24) is 0 Å². The van der Waals surface area contributed by atoms with E-state index in [0.29, 0.717) is 25.7 Å². The van der Waals surface area contributed by atoms with Crippen LogP contribution in [0.3, 0.4) is 0 Å². The Morgan fingerprint density at radius 3 is 2.71 bits per heavy atom. The van der Waals surface area contributed by atoms with Crippen LogP contribution in [0.5, 0.6) is 0 Å². The maximum atomic E-state index is 12.1. The summed E-state index contributed by atoms with van der Waals surface area (Å²) < 4.78 is 15.8. The lowest BCUT2D eigenvalue weighted by Crippen LogP contribution is -2.43. The van der Waals surface area contributed by atoms with E-state index in [9.17, 15) is 19.6 Å². The van der Waals surface area contributed by atoms with Crippen molar-refractivity contribution < 1.29 is 28.6 Å². The number of fused-ring (bicyclic) bond motifs is 1. The molecule has 7 nitrogen and oxygen atoms in total. The molecule has 7 heteroatoms. The summed E-state index contributed by atoms with van der Waals surface area (Å²) in [6.07, 6.45) is 2.09. The molecular weight excluding hydrogens is 314 g/mol. The SMILES string of the molecule is CCC(C)(C)C(=O)OCC(=O)OC12CC3CC1C(C#N)(C3)C(=O)O2. The first kappa shape index (κ1) is 16.7. The zero-order valence-electron chi connectivity index (χ0n) is 14.1. The maximum absolute atomic E-state index is 12.1. The fraction of sp³-hybridized carbons (Fsp3) is 0.765. The lowest BCUT2D eigenvalue weighted by molar-refractivity contribution is -0.226. The second kappa shape index (κ2) is 5.20. The quantitative estimate of drug-likeness (QED) is 0.704. The van der Waals surface area contributed by atoms with Gasteiger partial charge in [-0.1, -0.05) is 6.92 Å². The molecule has 1 heterocycles. The summed E-state index contributed by atoms with van der Waals surface area (Å²) in [5.41, 5.74) is -1.87. The number of hydrogen-bond donors (Lipinski definition) is 0. The van der Waals surface area contributed by atoms with Crippen LogP contribution in [0.2, 0.25) is 0 Å². The molecule has 0 aromatic carbocycles. The maximum Gasteiger partial charge on any atom is 0.347 e. The zero-order chi connectivity index (χ0) is 17.8. The van der Waals surface area contributed by atoms with Crippen LogP contribution < -0.4 is 0 Å². The Morgan fingerprint density at radius 1 is 1.42 bits per heavy atom. The van der Waals surface area contributed by atoms with E-state index in [-0.39, 0.29) is 5.92 Å². The molecule has 3 fully saturated rings. The van der Waals surface area contributed by atoms with Crippen molar-refractivity contribution in [3.8, 4) is 6.07 Å². The Labute approximate surface area is 140 Å². The van der Waals surface area contributed by atoms with Crippen LogP contribution in [0.1, 0.15) is 46.5 Å². The van der Waals surface area contributed by atoms with Crippen molar-refractivity contribution in [2.45, 2.75) is 52.2 Å². The van der Waals surface area contributed by atoms with Gasteiger partial charge in [-0.25, -0.2) is 4.79 Å². The summed E-state index contributed by atoms with van der Waals surface area (Å²) in [4.78, 5) is 36.2. The number of carbonyl (C=O) groups excluding carboxylic acids is 3. The van der Waals surface area contributed by atoms with E-state index in [1.165, 1.54) is 0 Å². The lowest BCUT2D eigenvalue weighted by atomic mass is 9.74. The number of rotatable bonds is 5. The predicted molar refractivity (Wildman–Crippen MR) is 78.8 cm³/mol. The predicted octanol–water partition coefficient (Wildman–Crippen LogP) is 1.70. The Hall–Kier alpha value is -2.10. The van der Waals surface area contributed by atoms with Crippen molar-refractivity contribution in [3.05, 3.63) is 0 Å². The highest BCUT2D eigenvalue weighted by Crippen LogP contribution is 2.66. The van der Waals surface area contributed by atoms with Gasteiger partial charge < -0.3 is 14.2 Å². The van der Waals surface area contributed by atoms with Gasteiger partial charge in [0.15, 0.2) is 12.0 Å². The van der Waals surface area contributed by atoms with Crippen LogP contribution in [0, 0.1) is 34.0 Å². The van der Waals surface area contributed by atoms with Gasteiger partial charge in [0, 0.05) is 6.42 Å². The number of hydrogen-bond acceptors (Lipinski definition) is 7. The van der Waals surface area contributed by atoms with Crippen molar-refractivity contribution in [2.24, 2.45) is 22.7 Å². The minimum atomic E-state index is -1.36. The van der Waals surface area contributed by atoms with E-state index in [4.69, 9.17) is 14.2 Å². The molecule has 0 radical (unpaired) electrons. The van der Waals surface area contributed by atoms with E-state index < -0.39 is 47.0 Å². The van der Waals surface area contributed by atoms with Gasteiger partial charge in [-0.05, 0) is 39.0 Å². The minimum Gasteiger partial charge on any atom is -0.453 e.